The summed E-state index contributed by atoms with van der Waals surface area (Å²) >= 11 is 1.68. The first kappa shape index (κ1) is 12.6. The second kappa shape index (κ2) is 5.65. The van der Waals surface area contributed by atoms with Crippen LogP contribution >= 0.6 is 11.3 Å². The second-order valence-electron chi connectivity index (χ2n) is 4.05. The fourth-order valence-electron chi connectivity index (χ4n) is 1.74. The van der Waals surface area contributed by atoms with Crippen molar-refractivity contribution in [2.75, 3.05) is 5.32 Å². The number of hydrogen-bond acceptors (Lipinski definition) is 4. The van der Waals surface area contributed by atoms with Gasteiger partial charge in [-0.2, -0.15) is 5.26 Å². The van der Waals surface area contributed by atoms with Crippen LogP contribution in [0.25, 0.3) is 0 Å². The van der Waals surface area contributed by atoms with Crippen LogP contribution in [0.15, 0.2) is 23.6 Å². The molecule has 1 aromatic carbocycles. The van der Waals surface area contributed by atoms with Crippen LogP contribution in [0.3, 0.4) is 0 Å². The predicted octanol–water partition coefficient (Wildman–Crippen LogP) is 3.50. The maximum atomic E-state index is 9.14. The zero-order valence-corrected chi connectivity index (χ0v) is 11.3. The van der Waals surface area contributed by atoms with E-state index in [9.17, 15) is 0 Å². The standard InChI is InChI=1S/C14H15N3S/c1-3-14-17-11(9-18-14)8-16-13-6-4-5-10(2)12(13)7-15/h4-6,9,16H,3,8H2,1-2H3. The van der Waals surface area contributed by atoms with E-state index in [1.54, 1.807) is 11.3 Å². The van der Waals surface area contributed by atoms with E-state index in [-0.39, 0.29) is 0 Å². The van der Waals surface area contributed by atoms with E-state index in [4.69, 9.17) is 5.26 Å². The van der Waals surface area contributed by atoms with E-state index in [0.717, 1.165) is 28.4 Å². The maximum absolute atomic E-state index is 9.14. The summed E-state index contributed by atoms with van der Waals surface area (Å²) in [6.45, 7) is 4.71. The molecule has 1 N–H and O–H groups in total. The summed E-state index contributed by atoms with van der Waals surface area (Å²) in [5.41, 5.74) is 3.62. The van der Waals surface area contributed by atoms with Crippen molar-refractivity contribution in [1.82, 2.24) is 4.98 Å². The lowest BCUT2D eigenvalue weighted by molar-refractivity contribution is 1.01. The number of aromatic nitrogens is 1. The number of anilines is 1. The molecule has 0 aliphatic rings. The van der Waals surface area contributed by atoms with Crippen molar-refractivity contribution in [1.29, 1.82) is 5.26 Å². The Morgan fingerprint density at radius 3 is 2.94 bits per heavy atom. The van der Waals surface area contributed by atoms with Gasteiger partial charge in [-0.25, -0.2) is 4.98 Å². The number of rotatable bonds is 4. The summed E-state index contributed by atoms with van der Waals surface area (Å²) in [4.78, 5) is 4.49. The number of nitrogens with zero attached hydrogens (tertiary/aromatic N) is 2. The highest BCUT2D eigenvalue weighted by molar-refractivity contribution is 7.09. The Hall–Kier alpha value is -1.86. The van der Waals surface area contributed by atoms with Crippen molar-refractivity contribution in [3.8, 4) is 6.07 Å². The summed E-state index contributed by atoms with van der Waals surface area (Å²) < 4.78 is 0. The minimum absolute atomic E-state index is 0.661. The SMILES string of the molecule is CCc1nc(CNc2cccc(C)c2C#N)cs1. The van der Waals surface area contributed by atoms with Gasteiger partial charge < -0.3 is 5.32 Å². The molecule has 0 radical (unpaired) electrons. The van der Waals surface area contributed by atoms with E-state index in [2.05, 4.69) is 28.7 Å². The third-order valence-corrected chi connectivity index (χ3v) is 3.79. The molecule has 1 heterocycles. The van der Waals surface area contributed by atoms with Crippen molar-refractivity contribution in [2.24, 2.45) is 0 Å². The average molecular weight is 257 g/mol. The second-order valence-corrected chi connectivity index (χ2v) is 4.99. The average Bonchev–Trinajstić information content (AvgIpc) is 2.84. The van der Waals surface area contributed by atoms with Gasteiger partial charge in [0.2, 0.25) is 0 Å². The molecule has 0 amide bonds. The van der Waals surface area contributed by atoms with Crippen molar-refractivity contribution in [3.05, 3.63) is 45.4 Å². The monoisotopic (exact) mass is 257 g/mol. The number of nitrogens with one attached hydrogen (secondary N) is 1. The molecule has 0 bridgehead atoms. The lowest BCUT2D eigenvalue weighted by Crippen LogP contribution is -2.02. The first-order valence-electron chi connectivity index (χ1n) is 5.91. The molecule has 4 heteroatoms. The van der Waals surface area contributed by atoms with Gasteiger partial charge in [-0.1, -0.05) is 19.1 Å². The largest absolute Gasteiger partial charge is 0.378 e. The zero-order valence-electron chi connectivity index (χ0n) is 10.5. The molecule has 0 saturated carbocycles. The van der Waals surface area contributed by atoms with Gasteiger partial charge in [-0.3, -0.25) is 0 Å². The molecule has 0 aliphatic heterocycles. The highest BCUT2D eigenvalue weighted by Gasteiger charge is 2.05. The predicted molar refractivity (Wildman–Crippen MR) is 74.7 cm³/mol. The van der Waals surface area contributed by atoms with Gasteiger partial charge in [0.25, 0.3) is 0 Å². The van der Waals surface area contributed by atoms with Crippen LogP contribution in [0, 0.1) is 18.3 Å². The smallest absolute Gasteiger partial charge is 0.102 e. The maximum Gasteiger partial charge on any atom is 0.102 e. The Labute approximate surface area is 111 Å². The Morgan fingerprint density at radius 2 is 2.28 bits per heavy atom. The van der Waals surface area contributed by atoms with Gasteiger partial charge in [0, 0.05) is 5.38 Å². The van der Waals surface area contributed by atoms with Crippen molar-refractivity contribution >= 4 is 17.0 Å². The molecule has 92 valence electrons. The Bertz CT molecular complexity index is 581. The summed E-state index contributed by atoms with van der Waals surface area (Å²) in [6.07, 6.45) is 0.971. The lowest BCUT2D eigenvalue weighted by Gasteiger charge is -2.08. The van der Waals surface area contributed by atoms with Gasteiger partial charge in [0.05, 0.1) is 28.5 Å². The minimum atomic E-state index is 0.661. The van der Waals surface area contributed by atoms with E-state index >= 15 is 0 Å². The van der Waals surface area contributed by atoms with E-state index in [1.807, 2.05) is 25.1 Å². The van der Waals surface area contributed by atoms with Crippen LogP contribution in [-0.2, 0) is 13.0 Å². The molecule has 0 unspecified atom stereocenters. The quantitative estimate of drug-likeness (QED) is 0.912. The van der Waals surface area contributed by atoms with Crippen LogP contribution in [0.5, 0.6) is 0 Å². The number of thiazole rings is 1. The first-order chi connectivity index (χ1) is 8.74. The normalized spacial score (nSPS) is 10.1. The number of nitriles is 1. The minimum Gasteiger partial charge on any atom is -0.378 e. The van der Waals surface area contributed by atoms with Gasteiger partial charge in [0.15, 0.2) is 0 Å². The van der Waals surface area contributed by atoms with Gasteiger partial charge in [-0.05, 0) is 25.0 Å². The fourth-order valence-corrected chi connectivity index (χ4v) is 2.49. The molecular weight excluding hydrogens is 242 g/mol. The van der Waals surface area contributed by atoms with Crippen LogP contribution in [0.2, 0.25) is 0 Å². The zero-order chi connectivity index (χ0) is 13.0. The fraction of sp³-hybridized carbons (Fsp3) is 0.286. The van der Waals surface area contributed by atoms with Gasteiger partial charge in [0.1, 0.15) is 6.07 Å². The Balaban J connectivity index is 2.11. The molecule has 18 heavy (non-hydrogen) atoms. The van der Waals surface area contributed by atoms with Crippen molar-refractivity contribution in [2.45, 2.75) is 26.8 Å². The van der Waals surface area contributed by atoms with E-state index in [0.29, 0.717) is 12.1 Å². The molecular formula is C14H15N3S. The third-order valence-electron chi connectivity index (χ3n) is 2.75. The molecule has 0 spiro atoms. The van der Waals surface area contributed by atoms with E-state index < -0.39 is 0 Å². The molecule has 1 aromatic heterocycles. The van der Waals surface area contributed by atoms with Crippen molar-refractivity contribution in [3.63, 3.8) is 0 Å². The number of hydrogen-bond donors (Lipinski definition) is 1. The number of aryl methyl sites for hydroxylation is 2. The molecule has 0 atom stereocenters. The summed E-state index contributed by atoms with van der Waals surface area (Å²) in [7, 11) is 0. The van der Waals surface area contributed by atoms with E-state index in [1.165, 1.54) is 0 Å². The molecule has 0 saturated heterocycles. The summed E-state index contributed by atoms with van der Waals surface area (Å²) in [5, 5.41) is 15.6. The molecule has 2 aromatic rings. The highest BCUT2D eigenvalue weighted by atomic mass is 32.1. The Kier molecular flexibility index (Phi) is 3.96. The molecule has 3 nitrogen and oxygen atoms in total. The first-order valence-corrected chi connectivity index (χ1v) is 6.79. The lowest BCUT2D eigenvalue weighted by atomic mass is 10.1. The third kappa shape index (κ3) is 2.69. The van der Waals surface area contributed by atoms with Gasteiger partial charge >= 0.3 is 0 Å². The van der Waals surface area contributed by atoms with Crippen LogP contribution in [0.1, 0.15) is 28.8 Å². The summed E-state index contributed by atoms with van der Waals surface area (Å²) in [6, 6.07) is 8.07. The van der Waals surface area contributed by atoms with Crippen LogP contribution in [-0.4, -0.2) is 4.98 Å². The van der Waals surface area contributed by atoms with Crippen molar-refractivity contribution < 1.29 is 0 Å². The molecule has 0 fully saturated rings. The topological polar surface area (TPSA) is 48.7 Å². The molecule has 0 aliphatic carbocycles. The van der Waals surface area contributed by atoms with Gasteiger partial charge in [-0.15, -0.1) is 11.3 Å². The molecule has 2 rings (SSSR count). The Morgan fingerprint density at radius 1 is 1.44 bits per heavy atom. The number of benzene rings is 1. The highest BCUT2D eigenvalue weighted by Crippen LogP contribution is 2.19. The van der Waals surface area contributed by atoms with Crippen LogP contribution < -0.4 is 5.32 Å². The summed E-state index contributed by atoms with van der Waals surface area (Å²) in [5.74, 6) is 0. The van der Waals surface area contributed by atoms with Crippen LogP contribution in [0.4, 0.5) is 5.69 Å².